The van der Waals surface area contributed by atoms with Crippen LogP contribution in [0.25, 0.3) is 11.1 Å². The van der Waals surface area contributed by atoms with Crippen LogP contribution < -0.4 is 0 Å². The zero-order chi connectivity index (χ0) is 49.5. The van der Waals surface area contributed by atoms with Gasteiger partial charge >= 0.3 is 41.8 Å². The van der Waals surface area contributed by atoms with E-state index in [1.54, 1.807) is 0 Å². The van der Waals surface area contributed by atoms with Crippen molar-refractivity contribution < 1.29 is 133 Å². The molecule has 0 saturated carbocycles. The van der Waals surface area contributed by atoms with Crippen molar-refractivity contribution in [1.29, 1.82) is 0 Å². The Hall–Kier alpha value is -9.53. The van der Waals surface area contributed by atoms with Crippen molar-refractivity contribution in [3.05, 3.63) is 69.8 Å². The van der Waals surface area contributed by atoms with Crippen molar-refractivity contribution in [2.75, 3.05) is 6.61 Å². The van der Waals surface area contributed by atoms with Gasteiger partial charge in [-0.25, -0.2) is 33.6 Å². The Labute approximate surface area is 373 Å². The highest BCUT2D eigenvalue weighted by Crippen LogP contribution is 2.54. The minimum Gasteiger partial charge on any atom is -0.504 e. The van der Waals surface area contributed by atoms with Crippen LogP contribution in [-0.2, 0) is 47.5 Å². The summed E-state index contributed by atoms with van der Waals surface area (Å²) in [4.78, 5) is 96.8. The summed E-state index contributed by atoms with van der Waals surface area (Å²) in [6, 6.07) is 2.26. The number of carboxylic acids is 1. The van der Waals surface area contributed by atoms with Crippen LogP contribution in [0.4, 0.5) is 0 Å². The first-order valence-electron chi connectivity index (χ1n) is 18.9. The maximum atomic E-state index is 14.6. The lowest BCUT2D eigenvalue weighted by atomic mass is 9.81. The maximum absolute atomic E-state index is 14.6. The van der Waals surface area contributed by atoms with E-state index in [1.807, 2.05) is 0 Å². The summed E-state index contributed by atoms with van der Waals surface area (Å²) in [6.07, 6.45) is -14.7. The Morgan fingerprint density at radius 1 is 0.529 bits per heavy atom. The molecule has 1 fully saturated rings. The summed E-state index contributed by atoms with van der Waals surface area (Å²) in [6.45, 7) is -1.31. The number of phenolic OH excluding ortho intramolecular Hbond substituents is 12. The Bertz CT molecular complexity index is 2960. The van der Waals surface area contributed by atoms with Gasteiger partial charge in [-0.1, -0.05) is 0 Å². The second-order valence-electron chi connectivity index (χ2n) is 14.9. The Morgan fingerprint density at radius 3 is 1.59 bits per heavy atom. The minimum atomic E-state index is -2.61. The maximum Gasteiger partial charge on any atom is 0.346 e. The fraction of sp³-hybridized carbons (Fsp3) is 0.195. The predicted molar refractivity (Wildman–Crippen MR) is 206 cm³/mol. The van der Waals surface area contributed by atoms with Gasteiger partial charge in [-0.15, -0.1) is 0 Å². The van der Waals surface area contributed by atoms with Crippen molar-refractivity contribution in [2.45, 2.75) is 42.7 Å². The van der Waals surface area contributed by atoms with Gasteiger partial charge in [-0.3, -0.25) is 0 Å². The fourth-order valence-corrected chi connectivity index (χ4v) is 7.76. The van der Waals surface area contributed by atoms with Crippen LogP contribution in [0.2, 0.25) is 0 Å². The minimum absolute atomic E-state index is 0.324. The third-order valence-electron chi connectivity index (χ3n) is 10.9. The highest BCUT2D eigenvalue weighted by atomic mass is 16.7. The van der Waals surface area contributed by atoms with Crippen LogP contribution >= 0.6 is 0 Å². The summed E-state index contributed by atoms with van der Waals surface area (Å²) in [5, 5.41) is 137. The molecule has 4 bridgehead atoms. The van der Waals surface area contributed by atoms with Crippen molar-refractivity contribution in [1.82, 2.24) is 0 Å². The summed E-state index contributed by atoms with van der Waals surface area (Å²) in [7, 11) is 0. The lowest BCUT2D eigenvalue weighted by Crippen LogP contribution is -2.63. The molecule has 354 valence electrons. The molecule has 4 aliphatic rings. The number of esters is 6. The topological polar surface area (TPSA) is 447 Å². The first-order valence-corrected chi connectivity index (χ1v) is 18.9. The summed E-state index contributed by atoms with van der Waals surface area (Å²) in [5.41, 5.74) is -8.58. The van der Waals surface area contributed by atoms with Crippen LogP contribution in [0.15, 0.2) is 42.0 Å². The number of aliphatic carboxylic acids is 1. The predicted octanol–water partition coefficient (Wildman–Crippen LogP) is 0.269. The van der Waals surface area contributed by atoms with E-state index in [1.165, 1.54) is 0 Å². The van der Waals surface area contributed by atoms with Crippen molar-refractivity contribution in [3.8, 4) is 80.1 Å². The number of aromatic hydroxyl groups is 12. The summed E-state index contributed by atoms with van der Waals surface area (Å²) in [5.74, 6) is -30.7. The third kappa shape index (κ3) is 7.19. The van der Waals surface area contributed by atoms with E-state index in [2.05, 4.69) is 0 Å². The molecule has 27 heteroatoms. The number of rotatable bonds is 3. The molecule has 13 N–H and O–H groups in total. The third-order valence-corrected chi connectivity index (χ3v) is 10.9. The number of ether oxygens (including phenoxy) is 7. The SMILES string of the molecule is O=C1C=C2C(=O)OC3C4COC(=O)c5cc(O)c(O)c(O)c5-c5c(cc(O)c(O)c5O)C(=O)OC3C(OC(=O)c3cc(O)c(O)c(O)c3C2C(C(=O)O)O1)C(OC(=O)c1cc(O)c(O)c(O)c1)O4. The molecule has 0 radical (unpaired) electrons. The molecule has 0 spiro atoms. The second-order valence-corrected chi connectivity index (χ2v) is 14.9. The molecule has 0 aromatic heterocycles. The number of carbonyl (C=O) groups excluding carboxylic acids is 6. The van der Waals surface area contributed by atoms with Crippen LogP contribution in [0.3, 0.4) is 0 Å². The quantitative estimate of drug-likeness (QED) is 0.0744. The van der Waals surface area contributed by atoms with E-state index in [0.717, 1.165) is 0 Å². The highest BCUT2D eigenvalue weighted by Gasteiger charge is 2.57. The van der Waals surface area contributed by atoms with Gasteiger partial charge in [0.15, 0.2) is 64.0 Å². The number of hydrogen-bond donors (Lipinski definition) is 13. The standard InChI is InChI=1S/C41H28O27/c42-13-1-8(2-14(43)24(13)48)36(57)68-41-34-33-31(65-40(61)12-6-19(47)64-32(35(55)56)23(12)22-11(39(60)67-34)5-17(46)27(51)30(22)54)18(63-41)7-62-37(58)9-3-15(44)25(49)28(52)20(9)21-10(38(59)66-33)4-16(45)26(50)29(21)53/h1-6,18,23,31-34,41-46,48-54H,7H2,(H,55,56). The zero-order valence-corrected chi connectivity index (χ0v) is 33.2. The number of cyclic esters (lactones) is 2. The molecule has 7 atom stereocenters. The van der Waals surface area contributed by atoms with Gasteiger partial charge in [0.1, 0.15) is 12.7 Å². The van der Waals surface area contributed by atoms with E-state index in [0.29, 0.717) is 36.4 Å². The molecule has 4 aliphatic heterocycles. The van der Waals surface area contributed by atoms with Crippen molar-refractivity contribution >= 4 is 41.8 Å². The molecule has 4 aromatic carbocycles. The average Bonchev–Trinajstić information content (AvgIpc) is 3.29. The van der Waals surface area contributed by atoms with E-state index < -0.39 is 205 Å². The second kappa shape index (κ2) is 16.2. The number of fused-ring (bicyclic) bond motifs is 6. The van der Waals surface area contributed by atoms with Gasteiger partial charge in [0, 0.05) is 22.8 Å². The Balaban J connectivity index is 1.40. The lowest BCUT2D eigenvalue weighted by molar-refractivity contribution is -0.286. The van der Waals surface area contributed by atoms with E-state index >= 15 is 0 Å². The van der Waals surface area contributed by atoms with Crippen LogP contribution in [0.5, 0.6) is 69.0 Å². The number of carboxylic acid groups (broad SMARTS) is 1. The molecule has 4 aromatic rings. The summed E-state index contributed by atoms with van der Waals surface area (Å²) >= 11 is 0. The zero-order valence-electron chi connectivity index (χ0n) is 33.2. The smallest absolute Gasteiger partial charge is 0.346 e. The van der Waals surface area contributed by atoms with E-state index in [-0.39, 0.29) is 0 Å². The van der Waals surface area contributed by atoms with Crippen LogP contribution in [0.1, 0.15) is 52.9 Å². The van der Waals surface area contributed by atoms with Gasteiger partial charge in [0.25, 0.3) is 0 Å². The van der Waals surface area contributed by atoms with Crippen molar-refractivity contribution in [2.24, 2.45) is 0 Å². The van der Waals surface area contributed by atoms with Gasteiger partial charge in [0.05, 0.1) is 33.7 Å². The Kier molecular flexibility index (Phi) is 10.7. The average molecular weight is 953 g/mol. The first kappa shape index (κ1) is 45.1. The normalized spacial score (nSPS) is 23.3. The monoisotopic (exact) mass is 952 g/mol. The molecular weight excluding hydrogens is 924 g/mol. The first-order chi connectivity index (χ1) is 32.0. The number of benzene rings is 4. The highest BCUT2D eigenvalue weighted by molar-refractivity contribution is 6.09. The molecule has 27 nitrogen and oxygen atoms in total. The van der Waals surface area contributed by atoms with Crippen LogP contribution in [-0.4, -0.2) is 152 Å². The number of phenols is 12. The van der Waals surface area contributed by atoms with E-state index in [4.69, 9.17) is 33.2 Å². The molecular formula is C41H28O27. The molecule has 1 saturated heterocycles. The largest absolute Gasteiger partial charge is 0.504 e. The van der Waals surface area contributed by atoms with Gasteiger partial charge in [0.2, 0.25) is 35.7 Å². The number of carbonyl (C=O) groups is 7. The fourth-order valence-electron chi connectivity index (χ4n) is 7.76. The molecule has 4 heterocycles. The molecule has 68 heavy (non-hydrogen) atoms. The molecule has 0 amide bonds. The van der Waals surface area contributed by atoms with Gasteiger partial charge in [-0.05, 0) is 30.3 Å². The molecule has 0 aliphatic carbocycles. The lowest BCUT2D eigenvalue weighted by Gasteiger charge is -2.44. The number of hydrogen-bond acceptors (Lipinski definition) is 26. The van der Waals surface area contributed by atoms with Crippen LogP contribution in [0, 0.1) is 0 Å². The summed E-state index contributed by atoms with van der Waals surface area (Å²) < 4.78 is 38.6. The van der Waals surface area contributed by atoms with Gasteiger partial charge in [-0.2, -0.15) is 0 Å². The van der Waals surface area contributed by atoms with E-state index in [9.17, 15) is 99.9 Å². The molecule has 8 rings (SSSR count). The molecule has 7 unspecified atom stereocenters. The van der Waals surface area contributed by atoms with Crippen molar-refractivity contribution in [3.63, 3.8) is 0 Å². The van der Waals surface area contributed by atoms with Gasteiger partial charge < -0.3 is 99.5 Å². The Morgan fingerprint density at radius 2 is 1.01 bits per heavy atom.